The number of imidazole rings is 1. The van der Waals surface area contributed by atoms with Gasteiger partial charge in [0, 0.05) is 30.4 Å². The third-order valence-electron chi connectivity index (χ3n) is 6.54. The highest BCUT2D eigenvalue weighted by atomic mass is 79.9. The van der Waals surface area contributed by atoms with Crippen molar-refractivity contribution < 1.29 is 9.18 Å². The highest BCUT2D eigenvalue weighted by molar-refractivity contribution is 8.93. The maximum absolute atomic E-state index is 13.7. The van der Waals surface area contributed by atoms with Crippen molar-refractivity contribution >= 4 is 57.3 Å². The molecule has 1 aromatic carbocycles. The van der Waals surface area contributed by atoms with Crippen LogP contribution in [0.3, 0.4) is 0 Å². The van der Waals surface area contributed by atoms with Crippen LogP contribution in [0, 0.1) is 11.2 Å². The van der Waals surface area contributed by atoms with Gasteiger partial charge in [0.2, 0.25) is 5.91 Å². The number of aryl methyl sites for hydroxylation is 1. The number of anilines is 1. The minimum absolute atomic E-state index is 0. The number of amides is 1. The Morgan fingerprint density at radius 2 is 1.92 bits per heavy atom. The smallest absolute Gasteiger partial charge is 0.242 e. The predicted octanol–water partition coefficient (Wildman–Crippen LogP) is 6.46. The summed E-state index contributed by atoms with van der Waals surface area (Å²) < 4.78 is 15.7. The molecule has 0 radical (unpaired) electrons. The lowest BCUT2D eigenvalue weighted by Gasteiger charge is -2.30. The number of hydrogen-bond acceptors (Lipinski definition) is 4. The molecule has 0 saturated carbocycles. The summed E-state index contributed by atoms with van der Waals surface area (Å²) in [4.78, 5) is 17.6. The van der Waals surface area contributed by atoms with E-state index in [1.165, 1.54) is 6.07 Å². The molecule has 3 rings (SSSR count). The van der Waals surface area contributed by atoms with E-state index >= 15 is 0 Å². The van der Waals surface area contributed by atoms with Crippen molar-refractivity contribution in [2.75, 3.05) is 18.4 Å². The van der Waals surface area contributed by atoms with E-state index in [4.69, 9.17) is 11.6 Å². The number of carbonyl (C=O) groups excluding carboxylic acids is 1. The Morgan fingerprint density at radius 3 is 2.57 bits per heavy atom. The van der Waals surface area contributed by atoms with Gasteiger partial charge in [-0.25, -0.2) is 9.37 Å². The minimum atomic E-state index is -0.336. The number of fused-ring (bicyclic) bond motifs is 1. The van der Waals surface area contributed by atoms with Gasteiger partial charge in [-0.1, -0.05) is 45.7 Å². The average molecular weight is 668 g/mol. The lowest BCUT2D eigenvalue weighted by molar-refractivity contribution is -0.118. The van der Waals surface area contributed by atoms with Crippen molar-refractivity contribution in [1.82, 2.24) is 20.2 Å². The van der Waals surface area contributed by atoms with E-state index < -0.39 is 0 Å². The highest BCUT2D eigenvalue weighted by Crippen LogP contribution is 2.29. The summed E-state index contributed by atoms with van der Waals surface area (Å²) in [5.41, 5.74) is 1.98. The zero-order valence-corrected chi connectivity index (χ0v) is 27.0. The minimum Gasteiger partial charge on any atom is -0.328 e. The second-order valence-corrected chi connectivity index (χ2v) is 12.0. The topological polar surface area (TPSA) is 71.0 Å². The van der Waals surface area contributed by atoms with Crippen LogP contribution in [0.15, 0.2) is 24.7 Å². The van der Waals surface area contributed by atoms with Gasteiger partial charge in [0.25, 0.3) is 0 Å². The molecule has 6 nitrogen and oxygen atoms in total. The molecule has 0 fully saturated rings. The van der Waals surface area contributed by atoms with E-state index in [1.807, 2.05) is 10.8 Å². The maximum atomic E-state index is 13.7. The molecule has 210 valence electrons. The number of nitrogens with zero attached hydrogens (tertiary/aromatic N) is 2. The van der Waals surface area contributed by atoms with Gasteiger partial charge in [-0.2, -0.15) is 0 Å². The lowest BCUT2D eigenvalue weighted by atomic mass is 9.87. The Balaban J connectivity index is 0.00000342. The number of halogens is 4. The number of aromatic nitrogens is 2. The van der Waals surface area contributed by atoms with Crippen LogP contribution in [-0.4, -0.2) is 40.6 Å². The first kappa shape index (κ1) is 34.0. The zero-order chi connectivity index (χ0) is 25.8. The van der Waals surface area contributed by atoms with Crippen LogP contribution in [0.5, 0.6) is 0 Å². The van der Waals surface area contributed by atoms with Gasteiger partial charge in [0.1, 0.15) is 5.82 Å². The average Bonchev–Trinajstić information content (AvgIpc) is 3.22. The van der Waals surface area contributed by atoms with Gasteiger partial charge < -0.3 is 20.5 Å². The van der Waals surface area contributed by atoms with Gasteiger partial charge in [0.15, 0.2) is 5.82 Å². The lowest BCUT2D eigenvalue weighted by Crippen LogP contribution is -2.47. The summed E-state index contributed by atoms with van der Waals surface area (Å²) >= 11 is 6.31. The summed E-state index contributed by atoms with van der Waals surface area (Å²) in [5.74, 6) is 0.169. The Bertz CT molecular complexity index is 1020. The molecule has 1 heterocycles. The fourth-order valence-corrected chi connectivity index (χ4v) is 4.86. The van der Waals surface area contributed by atoms with Crippen LogP contribution >= 0.6 is 45.6 Å². The second-order valence-electron chi connectivity index (χ2n) is 11.6. The van der Waals surface area contributed by atoms with Gasteiger partial charge >= 0.3 is 0 Å². The summed E-state index contributed by atoms with van der Waals surface area (Å²) in [7, 11) is 0. The number of nitrogens with one attached hydrogen (secondary N) is 3. The van der Waals surface area contributed by atoms with Crippen LogP contribution in [0.4, 0.5) is 10.2 Å². The van der Waals surface area contributed by atoms with Crippen LogP contribution in [0.1, 0.15) is 71.9 Å². The normalized spacial score (nSPS) is 16.3. The fraction of sp³-hybridized carbons (Fsp3) is 0.630. The van der Waals surface area contributed by atoms with Crippen molar-refractivity contribution in [3.63, 3.8) is 0 Å². The van der Waals surface area contributed by atoms with Crippen LogP contribution in [-0.2, 0) is 23.2 Å². The molecule has 10 heteroatoms. The van der Waals surface area contributed by atoms with Gasteiger partial charge in [-0.3, -0.25) is 4.79 Å². The van der Waals surface area contributed by atoms with Crippen molar-refractivity contribution in [1.29, 1.82) is 0 Å². The van der Waals surface area contributed by atoms with Gasteiger partial charge in [0.05, 0.1) is 17.9 Å². The summed E-state index contributed by atoms with van der Waals surface area (Å²) in [6.07, 6.45) is 7.53. The molecule has 0 saturated heterocycles. The van der Waals surface area contributed by atoms with E-state index in [9.17, 15) is 9.18 Å². The van der Waals surface area contributed by atoms with Crippen molar-refractivity contribution in [3.8, 4) is 0 Å². The molecule has 2 atom stereocenters. The first-order chi connectivity index (χ1) is 16.4. The monoisotopic (exact) mass is 665 g/mol. The first-order valence-corrected chi connectivity index (χ1v) is 13.0. The highest BCUT2D eigenvalue weighted by Gasteiger charge is 2.27. The molecule has 3 N–H and O–H groups in total. The Morgan fingerprint density at radius 1 is 1.22 bits per heavy atom. The molecule has 1 aromatic heterocycles. The third kappa shape index (κ3) is 9.92. The third-order valence-corrected chi connectivity index (χ3v) is 6.88. The largest absolute Gasteiger partial charge is 0.328 e. The maximum Gasteiger partial charge on any atom is 0.242 e. The van der Waals surface area contributed by atoms with E-state index in [2.05, 4.69) is 62.5 Å². The molecule has 1 amide bonds. The predicted molar refractivity (Wildman–Crippen MR) is 162 cm³/mol. The Kier molecular flexibility index (Phi) is 13.2. The molecule has 2 aromatic rings. The number of rotatable bonds is 10. The molecular weight excluding hydrogens is 625 g/mol. The zero-order valence-electron chi connectivity index (χ0n) is 22.8. The van der Waals surface area contributed by atoms with E-state index in [1.54, 1.807) is 12.4 Å². The Labute approximate surface area is 247 Å². The Hall–Kier alpha value is -1.00. The molecule has 37 heavy (non-hydrogen) atoms. The van der Waals surface area contributed by atoms with Crippen LogP contribution in [0.25, 0.3) is 0 Å². The van der Waals surface area contributed by atoms with Gasteiger partial charge in [-0.15, -0.1) is 34.0 Å². The molecule has 1 aliphatic rings. The molecule has 0 spiro atoms. The first-order valence-electron chi connectivity index (χ1n) is 12.7. The van der Waals surface area contributed by atoms with E-state index in [-0.39, 0.29) is 68.7 Å². The summed E-state index contributed by atoms with van der Waals surface area (Å²) in [6.45, 7) is 14.7. The van der Waals surface area contributed by atoms with E-state index in [0.29, 0.717) is 17.3 Å². The van der Waals surface area contributed by atoms with Gasteiger partial charge in [-0.05, 0) is 68.2 Å². The van der Waals surface area contributed by atoms with Crippen LogP contribution in [0.2, 0.25) is 5.02 Å². The van der Waals surface area contributed by atoms with Crippen molar-refractivity contribution in [2.24, 2.45) is 5.41 Å². The number of hydrogen-bond donors (Lipinski definition) is 3. The quantitative estimate of drug-likeness (QED) is 0.272. The van der Waals surface area contributed by atoms with Crippen molar-refractivity contribution in [2.45, 2.75) is 91.3 Å². The van der Waals surface area contributed by atoms with Crippen LogP contribution < -0.4 is 16.0 Å². The summed E-state index contributed by atoms with van der Waals surface area (Å²) in [5, 5.41) is 10.5. The number of carbonyl (C=O) groups is 1. The van der Waals surface area contributed by atoms with E-state index in [0.717, 1.165) is 49.9 Å². The van der Waals surface area contributed by atoms with Crippen molar-refractivity contribution in [3.05, 3.63) is 46.6 Å². The second kappa shape index (κ2) is 14.4. The fourth-order valence-electron chi connectivity index (χ4n) is 4.56. The molecule has 1 aliphatic carbocycles. The molecule has 0 bridgehead atoms. The molecule has 0 unspecified atom stereocenters. The molecule has 0 aliphatic heterocycles. The number of benzene rings is 1. The summed E-state index contributed by atoms with van der Waals surface area (Å²) in [6, 6.07) is 2.72. The standard InChI is InChI=1S/C27H41ClFN5O.2BrH/c1-7-8-23(32-20-10-9-18-11-19(29)12-22(28)21(18)13-20)25(35)33-24-14-34(17-31-24)27(5,6)16-30-15-26(2,3)4;;/h11-12,14,17,20,23,30,32H,7-10,13,15-16H2,1-6H3,(H,33,35);2*1H/t20-,23-;;/m0../s1. The SMILES string of the molecule is Br.Br.CCC[C@H](N[C@H]1CCc2cc(F)cc(Cl)c2C1)C(=O)Nc1cn(C(C)(C)CNCC(C)(C)C)cn1. The molecular formula is C27H43Br2ClFN5O.